The van der Waals surface area contributed by atoms with Crippen molar-refractivity contribution in [2.45, 2.75) is 25.8 Å². The molecule has 0 fully saturated rings. The van der Waals surface area contributed by atoms with Crippen molar-refractivity contribution in [2.75, 3.05) is 0 Å². The van der Waals surface area contributed by atoms with Crippen LogP contribution in [0.4, 0.5) is 8.78 Å². The van der Waals surface area contributed by atoms with E-state index >= 15 is 0 Å². The Morgan fingerprint density at radius 3 is 2.43 bits per heavy atom. The maximum atomic E-state index is 13.4. The van der Waals surface area contributed by atoms with Crippen molar-refractivity contribution >= 4 is 11.9 Å². The molecule has 1 aromatic carbocycles. The van der Waals surface area contributed by atoms with Gasteiger partial charge in [0.05, 0.1) is 12.5 Å². The molecule has 0 spiro atoms. The first-order valence-electron chi connectivity index (χ1n) is 6.18. The Kier molecular flexibility index (Phi) is 5.79. The first-order chi connectivity index (χ1) is 9.86. The molecule has 0 aliphatic carbocycles. The molecular formula is C14H14F2N2O3. The second-order valence-electron chi connectivity index (χ2n) is 4.60. The van der Waals surface area contributed by atoms with Crippen LogP contribution in [0.2, 0.25) is 0 Å². The Balaban J connectivity index is 2.80. The van der Waals surface area contributed by atoms with Crippen molar-refractivity contribution in [1.82, 2.24) is 5.32 Å². The Morgan fingerprint density at radius 2 is 1.95 bits per heavy atom. The molecule has 7 heteroatoms. The minimum Gasteiger partial charge on any atom is -0.480 e. The lowest BCUT2D eigenvalue weighted by atomic mass is 9.98. The van der Waals surface area contributed by atoms with E-state index in [0.29, 0.717) is 0 Å². The minimum atomic E-state index is -1.31. The molecule has 21 heavy (non-hydrogen) atoms. The standard InChI is InChI=1S/C14H14F2N2O3/c1-8(5-6-17)13(14(20)21)18-12(19)7-9-10(15)3-2-4-11(9)16/h2-4,8,13H,5,7H2,1H3,(H,18,19)(H,20,21)/t8-,13+/m0/s1. The summed E-state index contributed by atoms with van der Waals surface area (Å²) in [5, 5.41) is 19.8. The van der Waals surface area contributed by atoms with Crippen LogP contribution in [0.25, 0.3) is 0 Å². The molecular weight excluding hydrogens is 282 g/mol. The largest absolute Gasteiger partial charge is 0.480 e. The van der Waals surface area contributed by atoms with Crippen molar-refractivity contribution in [1.29, 1.82) is 5.26 Å². The van der Waals surface area contributed by atoms with Crippen molar-refractivity contribution in [3.63, 3.8) is 0 Å². The van der Waals surface area contributed by atoms with Crippen LogP contribution in [0, 0.1) is 28.9 Å². The zero-order valence-corrected chi connectivity index (χ0v) is 11.3. The Bertz CT molecular complexity index is 564. The number of carbonyl (C=O) groups is 2. The van der Waals surface area contributed by atoms with E-state index in [2.05, 4.69) is 5.32 Å². The van der Waals surface area contributed by atoms with Crippen LogP contribution in [0.1, 0.15) is 18.9 Å². The molecule has 5 nitrogen and oxygen atoms in total. The highest BCUT2D eigenvalue weighted by molar-refractivity contribution is 5.85. The van der Waals surface area contributed by atoms with Crippen LogP contribution < -0.4 is 5.32 Å². The zero-order valence-electron chi connectivity index (χ0n) is 11.3. The summed E-state index contributed by atoms with van der Waals surface area (Å²) in [6.07, 6.45) is -0.674. The van der Waals surface area contributed by atoms with Crippen LogP contribution >= 0.6 is 0 Å². The maximum Gasteiger partial charge on any atom is 0.326 e. The predicted octanol–water partition coefficient (Wildman–Crippen LogP) is 1.63. The topological polar surface area (TPSA) is 90.2 Å². The number of rotatable bonds is 6. The molecule has 0 radical (unpaired) electrons. The molecule has 0 aromatic heterocycles. The van der Waals surface area contributed by atoms with Crippen molar-refractivity contribution in [3.8, 4) is 6.07 Å². The van der Waals surface area contributed by atoms with Crippen LogP contribution in [-0.4, -0.2) is 23.0 Å². The van der Waals surface area contributed by atoms with Gasteiger partial charge in [0.15, 0.2) is 0 Å². The van der Waals surface area contributed by atoms with Crippen molar-refractivity contribution < 1.29 is 23.5 Å². The average Bonchev–Trinajstić information content (AvgIpc) is 2.40. The number of nitrogens with one attached hydrogen (secondary N) is 1. The van der Waals surface area contributed by atoms with Gasteiger partial charge in [0.25, 0.3) is 0 Å². The van der Waals surface area contributed by atoms with Gasteiger partial charge < -0.3 is 10.4 Å². The summed E-state index contributed by atoms with van der Waals surface area (Å²) in [5.41, 5.74) is -0.424. The van der Waals surface area contributed by atoms with E-state index in [0.717, 1.165) is 12.1 Å². The number of carboxylic acids is 1. The highest BCUT2D eigenvalue weighted by Gasteiger charge is 2.27. The summed E-state index contributed by atoms with van der Waals surface area (Å²) >= 11 is 0. The first kappa shape index (κ1) is 16.6. The molecule has 0 heterocycles. The van der Waals surface area contributed by atoms with Crippen LogP contribution in [0.5, 0.6) is 0 Å². The van der Waals surface area contributed by atoms with Gasteiger partial charge in [0.1, 0.15) is 17.7 Å². The van der Waals surface area contributed by atoms with E-state index in [4.69, 9.17) is 10.4 Å². The van der Waals surface area contributed by atoms with E-state index in [-0.39, 0.29) is 6.42 Å². The first-order valence-corrected chi connectivity index (χ1v) is 6.18. The molecule has 0 bridgehead atoms. The normalized spacial score (nSPS) is 13.0. The Morgan fingerprint density at radius 1 is 1.38 bits per heavy atom. The molecule has 112 valence electrons. The number of carbonyl (C=O) groups excluding carboxylic acids is 1. The predicted molar refractivity (Wildman–Crippen MR) is 69.0 cm³/mol. The summed E-state index contributed by atoms with van der Waals surface area (Å²) < 4.78 is 26.8. The van der Waals surface area contributed by atoms with Crippen LogP contribution in [-0.2, 0) is 16.0 Å². The number of nitriles is 1. The average molecular weight is 296 g/mol. The molecule has 1 rings (SSSR count). The van der Waals surface area contributed by atoms with E-state index in [1.54, 1.807) is 0 Å². The molecule has 0 saturated carbocycles. The number of hydrogen-bond donors (Lipinski definition) is 2. The van der Waals surface area contributed by atoms with Crippen LogP contribution in [0.15, 0.2) is 18.2 Å². The van der Waals surface area contributed by atoms with Gasteiger partial charge in [0.2, 0.25) is 5.91 Å². The number of hydrogen-bond acceptors (Lipinski definition) is 3. The van der Waals surface area contributed by atoms with Gasteiger partial charge in [-0.15, -0.1) is 0 Å². The number of carboxylic acid groups (broad SMARTS) is 1. The number of nitrogens with zero attached hydrogens (tertiary/aromatic N) is 1. The quantitative estimate of drug-likeness (QED) is 0.834. The lowest BCUT2D eigenvalue weighted by Gasteiger charge is -2.19. The van der Waals surface area contributed by atoms with Gasteiger partial charge in [-0.3, -0.25) is 4.79 Å². The molecule has 0 aliphatic rings. The number of halogens is 2. The third-order valence-corrected chi connectivity index (χ3v) is 2.96. The molecule has 0 unspecified atom stereocenters. The monoisotopic (exact) mass is 296 g/mol. The molecule has 0 saturated heterocycles. The highest BCUT2D eigenvalue weighted by atomic mass is 19.1. The number of benzene rings is 1. The summed E-state index contributed by atoms with van der Waals surface area (Å²) in [6.45, 7) is 1.49. The zero-order chi connectivity index (χ0) is 16.0. The summed E-state index contributed by atoms with van der Waals surface area (Å²) in [4.78, 5) is 22.8. The fraction of sp³-hybridized carbons (Fsp3) is 0.357. The number of amides is 1. The lowest BCUT2D eigenvalue weighted by Crippen LogP contribution is -2.45. The number of aliphatic carboxylic acids is 1. The van der Waals surface area contributed by atoms with Gasteiger partial charge in [-0.2, -0.15) is 5.26 Å². The van der Waals surface area contributed by atoms with Gasteiger partial charge in [-0.05, 0) is 12.1 Å². The van der Waals surface area contributed by atoms with Crippen molar-refractivity contribution in [2.24, 2.45) is 5.92 Å². The van der Waals surface area contributed by atoms with E-state index in [1.165, 1.54) is 13.0 Å². The fourth-order valence-corrected chi connectivity index (χ4v) is 1.80. The fourth-order valence-electron chi connectivity index (χ4n) is 1.80. The van der Waals surface area contributed by atoms with Gasteiger partial charge in [0, 0.05) is 17.9 Å². The molecule has 1 amide bonds. The molecule has 2 atom stereocenters. The highest BCUT2D eigenvalue weighted by Crippen LogP contribution is 2.13. The molecule has 2 N–H and O–H groups in total. The van der Waals surface area contributed by atoms with Gasteiger partial charge in [-0.1, -0.05) is 13.0 Å². The molecule has 0 aliphatic heterocycles. The Labute approximate surface area is 120 Å². The Hall–Kier alpha value is -2.49. The third-order valence-electron chi connectivity index (χ3n) is 2.96. The third kappa shape index (κ3) is 4.53. The SMILES string of the molecule is C[C@@H](CC#N)[C@@H](NC(=O)Cc1c(F)cccc1F)C(=O)O. The summed E-state index contributed by atoms with van der Waals surface area (Å²) in [5.74, 6) is -4.50. The van der Waals surface area contributed by atoms with Gasteiger partial charge >= 0.3 is 5.97 Å². The molecule has 1 aromatic rings. The smallest absolute Gasteiger partial charge is 0.326 e. The van der Waals surface area contributed by atoms with E-state index < -0.39 is 47.5 Å². The summed E-state index contributed by atoms with van der Waals surface area (Å²) in [6, 6.07) is 3.72. The minimum absolute atomic E-state index is 0.0642. The van der Waals surface area contributed by atoms with E-state index in [9.17, 15) is 18.4 Å². The lowest BCUT2D eigenvalue weighted by molar-refractivity contribution is -0.143. The van der Waals surface area contributed by atoms with Gasteiger partial charge in [-0.25, -0.2) is 13.6 Å². The maximum absolute atomic E-state index is 13.4. The van der Waals surface area contributed by atoms with Crippen molar-refractivity contribution in [3.05, 3.63) is 35.4 Å². The van der Waals surface area contributed by atoms with Crippen LogP contribution in [0.3, 0.4) is 0 Å². The summed E-state index contributed by atoms with van der Waals surface area (Å²) in [7, 11) is 0. The van der Waals surface area contributed by atoms with E-state index in [1.807, 2.05) is 6.07 Å². The second-order valence-corrected chi connectivity index (χ2v) is 4.60. The second kappa shape index (κ2) is 7.33.